The lowest BCUT2D eigenvalue weighted by atomic mass is 9.88. The van der Waals surface area contributed by atoms with Gasteiger partial charge in [-0.15, -0.1) is 0 Å². The van der Waals surface area contributed by atoms with Gasteiger partial charge in [0.25, 0.3) is 5.91 Å². The van der Waals surface area contributed by atoms with Crippen LogP contribution >= 0.6 is 0 Å². The van der Waals surface area contributed by atoms with Gasteiger partial charge in [-0.05, 0) is 38.3 Å². The van der Waals surface area contributed by atoms with E-state index in [0.29, 0.717) is 35.6 Å². The molecular formula is C24H25NO6. The van der Waals surface area contributed by atoms with E-state index < -0.39 is 30.5 Å². The number of piperidine rings is 1. The van der Waals surface area contributed by atoms with Crippen LogP contribution in [0.3, 0.4) is 0 Å². The van der Waals surface area contributed by atoms with E-state index in [1.165, 1.54) is 4.90 Å². The molecule has 7 nitrogen and oxygen atoms in total. The van der Waals surface area contributed by atoms with Crippen molar-refractivity contribution >= 4 is 17.8 Å². The first-order valence-electron chi connectivity index (χ1n) is 10.6. The highest BCUT2D eigenvalue weighted by atomic mass is 16.5. The number of para-hydroxylation sites is 2. The Hall–Kier alpha value is -3.35. The Kier molecular flexibility index (Phi) is 6.21. The van der Waals surface area contributed by atoms with Crippen LogP contribution in [0.15, 0.2) is 48.5 Å². The van der Waals surface area contributed by atoms with Crippen molar-refractivity contribution in [2.75, 3.05) is 19.8 Å². The lowest BCUT2D eigenvalue weighted by Gasteiger charge is -2.34. The van der Waals surface area contributed by atoms with E-state index in [-0.39, 0.29) is 12.5 Å². The van der Waals surface area contributed by atoms with E-state index in [4.69, 9.17) is 14.2 Å². The summed E-state index contributed by atoms with van der Waals surface area (Å²) in [5, 5.41) is 0. The van der Waals surface area contributed by atoms with Crippen LogP contribution in [0, 0.1) is 0 Å². The Balaban J connectivity index is 1.49. The van der Waals surface area contributed by atoms with Crippen LogP contribution in [-0.4, -0.2) is 48.5 Å². The van der Waals surface area contributed by atoms with Gasteiger partial charge in [-0.1, -0.05) is 36.4 Å². The molecule has 0 N–H and O–H groups in total. The zero-order valence-corrected chi connectivity index (χ0v) is 17.4. The van der Waals surface area contributed by atoms with E-state index in [9.17, 15) is 14.4 Å². The van der Waals surface area contributed by atoms with Crippen molar-refractivity contribution in [2.24, 2.45) is 0 Å². The summed E-state index contributed by atoms with van der Waals surface area (Å²) in [6.07, 6.45) is 2.21. The summed E-state index contributed by atoms with van der Waals surface area (Å²) in [7, 11) is 0. The summed E-state index contributed by atoms with van der Waals surface area (Å²) in [5.41, 5.74) is 1.39. The first kappa shape index (κ1) is 20.9. The molecule has 1 amide bonds. The lowest BCUT2D eigenvalue weighted by Crippen LogP contribution is -2.50. The second-order valence-electron chi connectivity index (χ2n) is 7.57. The van der Waals surface area contributed by atoms with Gasteiger partial charge >= 0.3 is 11.9 Å². The SMILES string of the molecule is CCOC(=O)[C@@H]1CCCCN1C(=O)COC(=O)C1c2ccccc2Oc2ccccc21. The first-order valence-corrected chi connectivity index (χ1v) is 10.6. The summed E-state index contributed by atoms with van der Waals surface area (Å²) in [6, 6.07) is 14.0. The topological polar surface area (TPSA) is 82.1 Å². The van der Waals surface area contributed by atoms with Gasteiger partial charge in [0.1, 0.15) is 23.5 Å². The van der Waals surface area contributed by atoms with E-state index in [1.54, 1.807) is 19.1 Å². The zero-order chi connectivity index (χ0) is 21.8. The lowest BCUT2D eigenvalue weighted by molar-refractivity contribution is -0.161. The minimum Gasteiger partial charge on any atom is -0.464 e. The number of amides is 1. The van der Waals surface area contributed by atoms with Crippen molar-refractivity contribution < 1.29 is 28.6 Å². The molecule has 2 aliphatic heterocycles. The second-order valence-corrected chi connectivity index (χ2v) is 7.57. The Bertz CT molecular complexity index is 942. The summed E-state index contributed by atoms with van der Waals surface area (Å²) in [6.45, 7) is 2.02. The maximum absolute atomic E-state index is 13.1. The molecule has 7 heteroatoms. The minimum atomic E-state index is -0.684. The molecule has 0 unspecified atom stereocenters. The number of carbonyl (C=O) groups is 3. The fraction of sp³-hybridized carbons (Fsp3) is 0.375. The largest absolute Gasteiger partial charge is 0.464 e. The third-order valence-corrected chi connectivity index (χ3v) is 5.64. The highest BCUT2D eigenvalue weighted by Crippen LogP contribution is 2.44. The van der Waals surface area contributed by atoms with Crippen LogP contribution in [0.1, 0.15) is 43.2 Å². The Morgan fingerprint density at radius 3 is 2.23 bits per heavy atom. The average Bonchev–Trinajstić information content (AvgIpc) is 2.80. The molecule has 0 saturated carbocycles. The van der Waals surface area contributed by atoms with Crippen LogP contribution in [0.25, 0.3) is 0 Å². The molecule has 4 rings (SSSR count). The molecule has 162 valence electrons. The third-order valence-electron chi connectivity index (χ3n) is 5.64. The number of esters is 2. The van der Waals surface area contributed by atoms with Crippen molar-refractivity contribution in [2.45, 2.75) is 38.1 Å². The quantitative estimate of drug-likeness (QED) is 0.686. The van der Waals surface area contributed by atoms with E-state index >= 15 is 0 Å². The highest BCUT2D eigenvalue weighted by molar-refractivity contribution is 5.89. The molecule has 1 fully saturated rings. The fourth-order valence-electron chi connectivity index (χ4n) is 4.18. The number of ether oxygens (including phenoxy) is 3. The third kappa shape index (κ3) is 4.26. The van der Waals surface area contributed by atoms with Crippen LogP contribution in [0.5, 0.6) is 11.5 Å². The van der Waals surface area contributed by atoms with Crippen LogP contribution in [0.2, 0.25) is 0 Å². The van der Waals surface area contributed by atoms with Crippen molar-refractivity contribution in [3.05, 3.63) is 59.7 Å². The van der Waals surface area contributed by atoms with E-state index in [2.05, 4.69) is 0 Å². The van der Waals surface area contributed by atoms with Gasteiger partial charge in [-0.2, -0.15) is 0 Å². The Morgan fingerprint density at radius 1 is 0.935 bits per heavy atom. The molecule has 2 heterocycles. The van der Waals surface area contributed by atoms with Crippen LogP contribution in [-0.2, 0) is 23.9 Å². The molecule has 0 aromatic heterocycles. The summed E-state index contributed by atoms with van der Waals surface area (Å²) in [4.78, 5) is 39.6. The van der Waals surface area contributed by atoms with Gasteiger partial charge in [0.2, 0.25) is 0 Å². The van der Waals surface area contributed by atoms with Crippen LogP contribution < -0.4 is 4.74 Å². The van der Waals surface area contributed by atoms with Crippen molar-refractivity contribution in [3.63, 3.8) is 0 Å². The summed E-state index contributed by atoms with van der Waals surface area (Å²) < 4.78 is 16.5. The molecule has 0 aliphatic carbocycles. The Labute approximate surface area is 180 Å². The summed E-state index contributed by atoms with van der Waals surface area (Å²) in [5.74, 6) is -0.827. The number of fused-ring (bicyclic) bond motifs is 2. The number of carbonyl (C=O) groups excluding carboxylic acids is 3. The molecule has 1 atom stereocenters. The monoisotopic (exact) mass is 423 g/mol. The standard InChI is InChI=1S/C24H25NO6/c1-2-29-23(27)18-11-7-8-14-25(18)21(26)15-30-24(28)22-16-9-3-5-12-19(16)31-20-13-6-4-10-17(20)22/h3-6,9-10,12-13,18,22H,2,7-8,11,14-15H2,1H3/t18-/m0/s1. The average molecular weight is 423 g/mol. The van der Waals surface area contributed by atoms with Gasteiger partial charge in [-0.3, -0.25) is 9.59 Å². The number of nitrogens with zero attached hydrogens (tertiary/aromatic N) is 1. The predicted octanol–water partition coefficient (Wildman–Crippen LogP) is 3.41. The Morgan fingerprint density at radius 2 is 1.58 bits per heavy atom. The number of benzene rings is 2. The van der Waals surface area contributed by atoms with Gasteiger partial charge in [0, 0.05) is 17.7 Å². The fourth-order valence-corrected chi connectivity index (χ4v) is 4.18. The molecule has 31 heavy (non-hydrogen) atoms. The molecular weight excluding hydrogens is 398 g/mol. The predicted molar refractivity (Wildman–Crippen MR) is 112 cm³/mol. The minimum absolute atomic E-state index is 0.259. The molecule has 0 radical (unpaired) electrons. The zero-order valence-electron chi connectivity index (χ0n) is 17.4. The highest BCUT2D eigenvalue weighted by Gasteiger charge is 2.36. The molecule has 0 bridgehead atoms. The first-order chi connectivity index (χ1) is 15.1. The van der Waals surface area contributed by atoms with Crippen LogP contribution in [0.4, 0.5) is 0 Å². The smallest absolute Gasteiger partial charge is 0.328 e. The molecule has 1 saturated heterocycles. The molecule has 2 aromatic carbocycles. The number of rotatable bonds is 5. The molecule has 0 spiro atoms. The number of hydrogen-bond acceptors (Lipinski definition) is 6. The van der Waals surface area contributed by atoms with Crippen molar-refractivity contribution in [3.8, 4) is 11.5 Å². The summed E-state index contributed by atoms with van der Waals surface area (Å²) >= 11 is 0. The number of hydrogen-bond donors (Lipinski definition) is 0. The van der Waals surface area contributed by atoms with Crippen molar-refractivity contribution in [1.82, 2.24) is 4.90 Å². The van der Waals surface area contributed by atoms with E-state index in [0.717, 1.165) is 12.8 Å². The normalized spacial score (nSPS) is 17.7. The van der Waals surface area contributed by atoms with Gasteiger partial charge in [-0.25, -0.2) is 4.79 Å². The maximum Gasteiger partial charge on any atom is 0.328 e. The van der Waals surface area contributed by atoms with Gasteiger partial charge in [0.15, 0.2) is 6.61 Å². The van der Waals surface area contributed by atoms with E-state index in [1.807, 2.05) is 36.4 Å². The molecule has 2 aliphatic rings. The van der Waals surface area contributed by atoms with Gasteiger partial charge < -0.3 is 19.1 Å². The van der Waals surface area contributed by atoms with Gasteiger partial charge in [0.05, 0.1) is 6.61 Å². The van der Waals surface area contributed by atoms with Crippen molar-refractivity contribution in [1.29, 1.82) is 0 Å². The second kappa shape index (κ2) is 9.20. The maximum atomic E-state index is 13.1. The molecule has 2 aromatic rings. The number of likely N-dealkylation sites (tertiary alicyclic amines) is 1.